The highest BCUT2D eigenvalue weighted by Gasteiger charge is 2.11. The van der Waals surface area contributed by atoms with Crippen molar-refractivity contribution in [3.8, 4) is 11.4 Å². The summed E-state index contributed by atoms with van der Waals surface area (Å²) >= 11 is 0. The summed E-state index contributed by atoms with van der Waals surface area (Å²) in [5, 5.41) is 6.94. The van der Waals surface area contributed by atoms with Gasteiger partial charge in [0.15, 0.2) is 0 Å². The van der Waals surface area contributed by atoms with Gasteiger partial charge >= 0.3 is 0 Å². The van der Waals surface area contributed by atoms with Gasteiger partial charge in [0.05, 0.1) is 0 Å². The number of nitrogens with zero attached hydrogens (tertiary/aromatic N) is 2. The van der Waals surface area contributed by atoms with Crippen molar-refractivity contribution in [3.05, 3.63) is 71.1 Å². The number of hydrogen-bond donors (Lipinski definition) is 1. The van der Waals surface area contributed by atoms with Gasteiger partial charge in [0.25, 0.3) is 0 Å². The molecule has 1 N–H and O–H groups in total. The normalized spacial score (nSPS) is 11.0. The Bertz CT molecular complexity index is 881. The molecule has 0 aliphatic rings. The lowest BCUT2D eigenvalue weighted by atomic mass is 10.0. The Morgan fingerprint density at radius 1 is 1.07 bits per heavy atom. The van der Waals surface area contributed by atoms with Crippen molar-refractivity contribution in [1.82, 2.24) is 15.5 Å². The molecule has 0 unspecified atom stereocenters. The Kier molecular flexibility index (Phi) is 6.01. The molecule has 0 saturated carbocycles. The first-order valence-electron chi connectivity index (χ1n) is 9.26. The first-order valence-corrected chi connectivity index (χ1v) is 9.26. The Labute approximate surface area is 159 Å². The van der Waals surface area contributed by atoms with Gasteiger partial charge < -0.3 is 9.84 Å². The number of carbonyl (C=O) groups excluding carboxylic acids is 1. The predicted molar refractivity (Wildman–Crippen MR) is 105 cm³/mol. The molecular formula is C22H25N3O2. The fourth-order valence-corrected chi connectivity index (χ4v) is 2.71. The molecule has 5 nitrogen and oxygen atoms in total. The molecule has 2 aromatic carbocycles. The quantitative estimate of drug-likeness (QED) is 0.675. The zero-order valence-electron chi connectivity index (χ0n) is 16.0. The fourth-order valence-electron chi connectivity index (χ4n) is 2.71. The van der Waals surface area contributed by atoms with Crippen molar-refractivity contribution < 1.29 is 9.32 Å². The molecule has 3 rings (SSSR count). The molecule has 0 saturated heterocycles. The zero-order valence-corrected chi connectivity index (χ0v) is 16.0. The van der Waals surface area contributed by atoms with E-state index in [9.17, 15) is 4.79 Å². The molecule has 0 aliphatic carbocycles. The van der Waals surface area contributed by atoms with E-state index in [0.29, 0.717) is 37.0 Å². The summed E-state index contributed by atoms with van der Waals surface area (Å²) in [6.45, 7) is 6.88. The average Bonchev–Trinajstić information content (AvgIpc) is 3.15. The molecule has 1 aromatic heterocycles. The van der Waals surface area contributed by atoms with Gasteiger partial charge in [-0.15, -0.1) is 0 Å². The van der Waals surface area contributed by atoms with Crippen LogP contribution in [0.25, 0.3) is 11.4 Å². The van der Waals surface area contributed by atoms with E-state index in [1.54, 1.807) is 0 Å². The molecule has 0 aliphatic heterocycles. The summed E-state index contributed by atoms with van der Waals surface area (Å²) in [6.07, 6.45) is 0.747. The van der Waals surface area contributed by atoms with E-state index in [0.717, 1.165) is 11.1 Å². The third-order valence-electron chi connectivity index (χ3n) is 4.48. The Hall–Kier alpha value is -2.95. The van der Waals surface area contributed by atoms with E-state index in [1.807, 2.05) is 43.3 Å². The van der Waals surface area contributed by atoms with Gasteiger partial charge in [0.2, 0.25) is 17.6 Å². The first-order chi connectivity index (χ1) is 13.0. The molecule has 0 radical (unpaired) electrons. The van der Waals surface area contributed by atoms with Gasteiger partial charge in [-0.25, -0.2) is 0 Å². The number of aryl methyl sites for hydroxylation is 2. The highest BCUT2D eigenvalue weighted by molar-refractivity contribution is 5.76. The van der Waals surface area contributed by atoms with Crippen LogP contribution in [-0.4, -0.2) is 16.0 Å². The molecule has 0 atom stereocenters. The Balaban J connectivity index is 1.50. The van der Waals surface area contributed by atoms with E-state index in [-0.39, 0.29) is 5.91 Å². The monoisotopic (exact) mass is 363 g/mol. The highest BCUT2D eigenvalue weighted by atomic mass is 16.5. The van der Waals surface area contributed by atoms with Crippen LogP contribution in [0.5, 0.6) is 0 Å². The Morgan fingerprint density at radius 3 is 2.44 bits per heavy atom. The molecule has 27 heavy (non-hydrogen) atoms. The van der Waals surface area contributed by atoms with Crippen molar-refractivity contribution in [1.29, 1.82) is 0 Å². The number of rotatable bonds is 7. The van der Waals surface area contributed by atoms with Gasteiger partial charge in [-0.05, 0) is 24.0 Å². The number of nitrogens with one attached hydrogen (secondary N) is 1. The molecule has 0 bridgehead atoms. The summed E-state index contributed by atoms with van der Waals surface area (Å²) in [4.78, 5) is 16.4. The second-order valence-corrected chi connectivity index (χ2v) is 7.05. The smallest absolute Gasteiger partial charge is 0.227 e. The topological polar surface area (TPSA) is 68.0 Å². The van der Waals surface area contributed by atoms with Gasteiger partial charge in [-0.2, -0.15) is 4.98 Å². The molecule has 1 amide bonds. The van der Waals surface area contributed by atoms with Crippen molar-refractivity contribution in [3.63, 3.8) is 0 Å². The van der Waals surface area contributed by atoms with Crippen molar-refractivity contribution in [2.24, 2.45) is 0 Å². The lowest BCUT2D eigenvalue weighted by Gasteiger charge is -2.05. The van der Waals surface area contributed by atoms with Crippen LogP contribution in [0.1, 0.15) is 48.8 Å². The Morgan fingerprint density at radius 2 is 1.78 bits per heavy atom. The fraction of sp³-hybridized carbons (Fsp3) is 0.318. The van der Waals surface area contributed by atoms with Crippen molar-refractivity contribution in [2.75, 3.05) is 0 Å². The summed E-state index contributed by atoms with van der Waals surface area (Å²) in [5.74, 6) is 1.48. The summed E-state index contributed by atoms with van der Waals surface area (Å²) in [7, 11) is 0. The largest absolute Gasteiger partial charge is 0.352 e. The van der Waals surface area contributed by atoms with E-state index < -0.39 is 0 Å². The molecule has 5 heteroatoms. The minimum absolute atomic E-state index is 0.0309. The lowest BCUT2D eigenvalue weighted by molar-refractivity contribution is -0.121. The van der Waals surface area contributed by atoms with Gasteiger partial charge in [0.1, 0.15) is 0 Å². The van der Waals surface area contributed by atoms with E-state index in [4.69, 9.17) is 4.52 Å². The van der Waals surface area contributed by atoms with Gasteiger partial charge in [0, 0.05) is 24.9 Å². The zero-order chi connectivity index (χ0) is 19.2. The third kappa shape index (κ3) is 5.26. The van der Waals surface area contributed by atoms with Crippen LogP contribution in [-0.2, 0) is 17.8 Å². The van der Waals surface area contributed by atoms with Crippen LogP contribution in [0.2, 0.25) is 0 Å². The van der Waals surface area contributed by atoms with Crippen molar-refractivity contribution >= 4 is 5.91 Å². The molecule has 3 aromatic rings. The number of hydrogen-bond acceptors (Lipinski definition) is 4. The number of benzene rings is 2. The summed E-state index contributed by atoms with van der Waals surface area (Å²) < 4.78 is 5.28. The number of aromatic nitrogens is 2. The van der Waals surface area contributed by atoms with Crippen LogP contribution in [0, 0.1) is 6.92 Å². The maximum atomic E-state index is 12.0. The molecule has 0 spiro atoms. The highest BCUT2D eigenvalue weighted by Crippen LogP contribution is 2.20. The number of amides is 1. The SMILES string of the molecule is Cc1ccc(CNC(=O)CCc2nc(-c3ccc(C(C)C)cc3)no2)cc1. The molecule has 0 fully saturated rings. The second kappa shape index (κ2) is 8.62. The van der Waals surface area contributed by atoms with Crippen LogP contribution < -0.4 is 5.32 Å². The molecular weight excluding hydrogens is 338 g/mol. The lowest BCUT2D eigenvalue weighted by Crippen LogP contribution is -2.23. The minimum atomic E-state index is -0.0309. The van der Waals surface area contributed by atoms with E-state index >= 15 is 0 Å². The average molecular weight is 363 g/mol. The minimum Gasteiger partial charge on any atom is -0.352 e. The van der Waals surface area contributed by atoms with Crippen LogP contribution in [0.3, 0.4) is 0 Å². The van der Waals surface area contributed by atoms with Gasteiger partial charge in [-0.3, -0.25) is 4.79 Å². The van der Waals surface area contributed by atoms with Crippen LogP contribution in [0.4, 0.5) is 0 Å². The third-order valence-corrected chi connectivity index (χ3v) is 4.48. The van der Waals surface area contributed by atoms with E-state index in [2.05, 4.69) is 41.4 Å². The molecule has 140 valence electrons. The van der Waals surface area contributed by atoms with Crippen LogP contribution in [0.15, 0.2) is 53.1 Å². The maximum Gasteiger partial charge on any atom is 0.227 e. The summed E-state index contributed by atoms with van der Waals surface area (Å²) in [6, 6.07) is 16.3. The van der Waals surface area contributed by atoms with Crippen molar-refractivity contribution in [2.45, 2.75) is 46.1 Å². The first kappa shape index (κ1) is 18.8. The second-order valence-electron chi connectivity index (χ2n) is 7.05. The maximum absolute atomic E-state index is 12.0. The van der Waals surface area contributed by atoms with E-state index in [1.165, 1.54) is 11.1 Å². The van der Waals surface area contributed by atoms with Crippen LogP contribution >= 0.6 is 0 Å². The number of carbonyl (C=O) groups is 1. The van der Waals surface area contributed by atoms with Gasteiger partial charge in [-0.1, -0.05) is 73.1 Å². The molecule has 1 heterocycles. The predicted octanol–water partition coefficient (Wildman–Crippen LogP) is 4.42. The standard InChI is InChI=1S/C22H25N3O2/c1-15(2)18-8-10-19(11-9-18)22-24-21(27-25-22)13-12-20(26)23-14-17-6-4-16(3)5-7-17/h4-11,15H,12-14H2,1-3H3,(H,23,26). The summed E-state index contributed by atoms with van der Waals surface area (Å²) in [5.41, 5.74) is 4.47.